The summed E-state index contributed by atoms with van der Waals surface area (Å²) in [7, 11) is 0. The molecule has 0 radical (unpaired) electrons. The Labute approximate surface area is 161 Å². The monoisotopic (exact) mass is 392 g/mol. The third-order valence-electron chi connectivity index (χ3n) is 4.55. The minimum Gasteiger partial charge on any atom is -0.481 e. The molecular formula is C20H22F2N2O2S. The number of hydrogen-bond donors (Lipinski definition) is 2. The van der Waals surface area contributed by atoms with Crippen molar-refractivity contribution in [2.45, 2.75) is 48.9 Å². The van der Waals surface area contributed by atoms with E-state index in [9.17, 15) is 13.6 Å². The zero-order valence-electron chi connectivity index (χ0n) is 14.9. The molecule has 4 nitrogen and oxygen atoms in total. The van der Waals surface area contributed by atoms with E-state index < -0.39 is 17.6 Å². The lowest BCUT2D eigenvalue weighted by atomic mass is 10.0. The van der Waals surface area contributed by atoms with Crippen LogP contribution in [0.3, 0.4) is 0 Å². The molecule has 1 aromatic carbocycles. The number of aromatic nitrogens is 1. The van der Waals surface area contributed by atoms with Crippen LogP contribution in [0.15, 0.2) is 35.4 Å². The van der Waals surface area contributed by atoms with Crippen LogP contribution >= 0.6 is 11.8 Å². The van der Waals surface area contributed by atoms with Gasteiger partial charge >= 0.3 is 5.97 Å². The molecule has 1 saturated carbocycles. The van der Waals surface area contributed by atoms with Crippen LogP contribution < -0.4 is 5.32 Å². The predicted octanol–water partition coefficient (Wildman–Crippen LogP) is 4.63. The highest BCUT2D eigenvalue weighted by molar-refractivity contribution is 7.99. The van der Waals surface area contributed by atoms with Crippen molar-refractivity contribution in [1.82, 2.24) is 10.3 Å². The van der Waals surface area contributed by atoms with Gasteiger partial charge in [-0.05, 0) is 50.1 Å². The number of rotatable bonds is 9. The normalized spacial score (nSPS) is 14.1. The standard InChI is InChI=1S/C20H22F2N2O2S/c21-16-10-13(11-17(22)15(16)12-23-9-3-8-20(25)26)18-6-2-7-19(24-18)27-14-4-1-5-14/h2,6-7,10-11,14,23H,1,3-5,8-9,12H2,(H,25,26). The summed E-state index contributed by atoms with van der Waals surface area (Å²) >= 11 is 1.72. The SMILES string of the molecule is O=C(O)CCCNCc1c(F)cc(-c2cccc(SC3CCC3)n2)cc1F. The molecule has 0 saturated heterocycles. The number of nitrogens with zero attached hydrogens (tertiary/aromatic N) is 1. The van der Waals surface area contributed by atoms with E-state index in [4.69, 9.17) is 5.11 Å². The highest BCUT2D eigenvalue weighted by Crippen LogP contribution is 2.36. The second-order valence-electron chi connectivity index (χ2n) is 6.62. The van der Waals surface area contributed by atoms with Crippen LogP contribution in [-0.2, 0) is 11.3 Å². The third-order valence-corrected chi connectivity index (χ3v) is 5.82. The van der Waals surface area contributed by atoms with Crippen LogP contribution in [0.2, 0.25) is 0 Å². The number of thioether (sulfide) groups is 1. The van der Waals surface area contributed by atoms with Gasteiger partial charge in [-0.25, -0.2) is 13.8 Å². The van der Waals surface area contributed by atoms with Crippen molar-refractivity contribution < 1.29 is 18.7 Å². The molecule has 2 N–H and O–H groups in total. The Morgan fingerprint density at radius 3 is 2.63 bits per heavy atom. The maximum atomic E-state index is 14.4. The average molecular weight is 392 g/mol. The fourth-order valence-corrected chi connectivity index (χ4v) is 4.02. The number of hydrogen-bond acceptors (Lipinski definition) is 4. The summed E-state index contributed by atoms with van der Waals surface area (Å²) in [4.78, 5) is 15.0. The topological polar surface area (TPSA) is 62.2 Å². The molecule has 3 rings (SSSR count). The van der Waals surface area contributed by atoms with Gasteiger partial charge in [0.05, 0.1) is 10.7 Å². The summed E-state index contributed by atoms with van der Waals surface area (Å²) in [5.41, 5.74) is 0.919. The van der Waals surface area contributed by atoms with Crippen LogP contribution in [0.5, 0.6) is 0 Å². The average Bonchev–Trinajstić information content (AvgIpc) is 2.60. The van der Waals surface area contributed by atoms with Crippen molar-refractivity contribution in [3.63, 3.8) is 0 Å². The Balaban J connectivity index is 1.66. The summed E-state index contributed by atoms with van der Waals surface area (Å²) in [5.74, 6) is -2.15. The largest absolute Gasteiger partial charge is 0.481 e. The Kier molecular flexibility index (Phi) is 6.79. The molecule has 0 atom stereocenters. The molecule has 1 fully saturated rings. The number of aliphatic carboxylic acids is 1. The highest BCUT2D eigenvalue weighted by atomic mass is 32.2. The summed E-state index contributed by atoms with van der Waals surface area (Å²) in [6.07, 6.45) is 4.06. The van der Waals surface area contributed by atoms with Crippen LogP contribution in [0, 0.1) is 11.6 Å². The van der Waals surface area contributed by atoms with Crippen molar-refractivity contribution in [3.05, 3.63) is 47.5 Å². The van der Waals surface area contributed by atoms with E-state index in [0.29, 0.717) is 29.5 Å². The molecule has 0 unspecified atom stereocenters. The number of pyridine rings is 1. The van der Waals surface area contributed by atoms with Gasteiger partial charge in [0.1, 0.15) is 11.6 Å². The lowest BCUT2D eigenvalue weighted by Crippen LogP contribution is -2.17. The summed E-state index contributed by atoms with van der Waals surface area (Å²) < 4.78 is 28.8. The van der Waals surface area contributed by atoms with Gasteiger partial charge in [0.2, 0.25) is 0 Å². The van der Waals surface area contributed by atoms with E-state index in [1.165, 1.54) is 31.4 Å². The van der Waals surface area contributed by atoms with E-state index in [2.05, 4.69) is 10.3 Å². The Hall–Kier alpha value is -1.99. The van der Waals surface area contributed by atoms with Crippen LogP contribution in [-0.4, -0.2) is 27.9 Å². The van der Waals surface area contributed by atoms with Gasteiger partial charge in [0.15, 0.2) is 0 Å². The lowest BCUT2D eigenvalue weighted by Gasteiger charge is -2.24. The second-order valence-corrected chi connectivity index (χ2v) is 7.94. The highest BCUT2D eigenvalue weighted by Gasteiger charge is 2.19. The van der Waals surface area contributed by atoms with Crippen molar-refractivity contribution >= 4 is 17.7 Å². The number of carbonyl (C=O) groups is 1. The Morgan fingerprint density at radius 2 is 2.00 bits per heavy atom. The van der Waals surface area contributed by atoms with Crippen molar-refractivity contribution in [2.24, 2.45) is 0 Å². The minimum atomic E-state index is -0.885. The summed E-state index contributed by atoms with van der Waals surface area (Å²) in [5, 5.41) is 12.9. The number of carboxylic acid groups (broad SMARTS) is 1. The summed E-state index contributed by atoms with van der Waals surface area (Å²) in [6.45, 7) is 0.400. The molecule has 0 spiro atoms. The van der Waals surface area contributed by atoms with E-state index in [0.717, 1.165) is 5.03 Å². The summed E-state index contributed by atoms with van der Waals surface area (Å²) in [6, 6.07) is 8.14. The number of benzene rings is 1. The van der Waals surface area contributed by atoms with Gasteiger partial charge in [-0.15, -0.1) is 11.8 Å². The smallest absolute Gasteiger partial charge is 0.303 e. The molecule has 0 amide bonds. The fourth-order valence-electron chi connectivity index (χ4n) is 2.80. The second kappa shape index (κ2) is 9.28. The first-order valence-electron chi connectivity index (χ1n) is 9.07. The van der Waals surface area contributed by atoms with E-state index in [-0.39, 0.29) is 18.5 Å². The van der Waals surface area contributed by atoms with Gasteiger partial charge < -0.3 is 10.4 Å². The van der Waals surface area contributed by atoms with Gasteiger partial charge in [-0.1, -0.05) is 12.5 Å². The molecular weight excluding hydrogens is 370 g/mol. The molecule has 1 aliphatic carbocycles. The molecule has 1 heterocycles. The Morgan fingerprint density at radius 1 is 1.26 bits per heavy atom. The number of carboxylic acids is 1. The van der Waals surface area contributed by atoms with Gasteiger partial charge in [-0.3, -0.25) is 4.79 Å². The molecule has 144 valence electrons. The molecule has 1 aromatic heterocycles. The zero-order chi connectivity index (χ0) is 19.2. The van der Waals surface area contributed by atoms with Gasteiger partial charge in [0.25, 0.3) is 0 Å². The molecule has 2 aromatic rings. The van der Waals surface area contributed by atoms with E-state index >= 15 is 0 Å². The van der Waals surface area contributed by atoms with Gasteiger partial charge in [0, 0.05) is 29.3 Å². The predicted molar refractivity (Wildman–Crippen MR) is 102 cm³/mol. The van der Waals surface area contributed by atoms with Crippen molar-refractivity contribution in [3.8, 4) is 11.3 Å². The first kappa shape index (κ1) is 19.8. The quantitative estimate of drug-likeness (QED) is 0.610. The molecule has 27 heavy (non-hydrogen) atoms. The van der Waals surface area contributed by atoms with Crippen molar-refractivity contribution in [1.29, 1.82) is 0 Å². The van der Waals surface area contributed by atoms with Crippen LogP contribution in [0.25, 0.3) is 11.3 Å². The fraction of sp³-hybridized carbons (Fsp3) is 0.400. The Bertz CT molecular complexity index is 789. The molecule has 1 aliphatic rings. The molecule has 0 aliphatic heterocycles. The maximum Gasteiger partial charge on any atom is 0.303 e. The van der Waals surface area contributed by atoms with Crippen LogP contribution in [0.1, 0.15) is 37.7 Å². The van der Waals surface area contributed by atoms with Gasteiger partial charge in [-0.2, -0.15) is 0 Å². The maximum absolute atomic E-state index is 14.4. The van der Waals surface area contributed by atoms with Crippen LogP contribution in [0.4, 0.5) is 8.78 Å². The lowest BCUT2D eigenvalue weighted by molar-refractivity contribution is -0.137. The van der Waals surface area contributed by atoms with Crippen molar-refractivity contribution in [2.75, 3.05) is 6.54 Å². The molecule has 0 bridgehead atoms. The third kappa shape index (κ3) is 5.49. The minimum absolute atomic E-state index is 0.0164. The first-order valence-corrected chi connectivity index (χ1v) is 9.95. The van der Waals surface area contributed by atoms with E-state index in [1.54, 1.807) is 17.8 Å². The molecule has 7 heteroatoms. The van der Waals surface area contributed by atoms with E-state index in [1.807, 2.05) is 12.1 Å². The number of halogens is 2. The first-order chi connectivity index (χ1) is 13.0. The number of nitrogens with one attached hydrogen (secondary N) is 1. The zero-order valence-corrected chi connectivity index (χ0v) is 15.7.